The number of rotatable bonds is 3. The Kier molecular flexibility index (Phi) is 3.96. The van der Waals surface area contributed by atoms with Crippen LogP contribution in [0.15, 0.2) is 6.20 Å². The maximum absolute atomic E-state index is 13.4. The maximum atomic E-state index is 13.4. The molecule has 7 heteroatoms. The van der Waals surface area contributed by atoms with Gasteiger partial charge in [-0.25, -0.2) is 9.37 Å². The van der Waals surface area contributed by atoms with Crippen LogP contribution in [0.25, 0.3) is 0 Å². The first-order valence-electron chi connectivity index (χ1n) is 5.73. The van der Waals surface area contributed by atoms with Gasteiger partial charge in [0.25, 0.3) is 0 Å². The second-order valence-corrected chi connectivity index (χ2v) is 4.70. The molecule has 1 fully saturated rings. The number of carbonyl (C=O) groups is 1. The van der Waals surface area contributed by atoms with Crippen molar-refractivity contribution in [1.29, 1.82) is 0 Å². The summed E-state index contributed by atoms with van der Waals surface area (Å²) in [7, 11) is 0. The monoisotopic (exact) mass is 273 g/mol. The van der Waals surface area contributed by atoms with E-state index in [0.717, 1.165) is 6.20 Å². The van der Waals surface area contributed by atoms with Gasteiger partial charge in [0.05, 0.1) is 12.1 Å². The van der Waals surface area contributed by atoms with Crippen molar-refractivity contribution in [3.63, 3.8) is 0 Å². The van der Waals surface area contributed by atoms with Crippen molar-refractivity contribution in [3.8, 4) is 0 Å². The van der Waals surface area contributed by atoms with Crippen LogP contribution < -0.4 is 5.32 Å². The van der Waals surface area contributed by atoms with E-state index in [9.17, 15) is 9.18 Å². The van der Waals surface area contributed by atoms with Gasteiger partial charge in [-0.1, -0.05) is 0 Å². The molecule has 18 heavy (non-hydrogen) atoms. The first kappa shape index (κ1) is 13.0. The van der Waals surface area contributed by atoms with Crippen molar-refractivity contribution in [2.75, 3.05) is 5.32 Å². The zero-order valence-electron chi connectivity index (χ0n) is 9.57. The summed E-state index contributed by atoms with van der Waals surface area (Å²) < 4.78 is 13.4. The molecule has 98 valence electrons. The van der Waals surface area contributed by atoms with Crippen LogP contribution in [0, 0.1) is 11.7 Å². The zero-order valence-corrected chi connectivity index (χ0v) is 10.3. The molecular formula is C11H13ClFN3O2. The lowest BCUT2D eigenvalue weighted by atomic mass is 9.86. The number of aliphatic carboxylic acids is 1. The van der Waals surface area contributed by atoms with Crippen LogP contribution in [0.3, 0.4) is 0 Å². The van der Waals surface area contributed by atoms with Gasteiger partial charge in [0.2, 0.25) is 5.28 Å². The Balaban J connectivity index is 1.95. The molecule has 0 bridgehead atoms. The highest BCUT2D eigenvalue weighted by molar-refractivity contribution is 6.28. The molecule has 0 amide bonds. The molecule has 2 rings (SSSR count). The summed E-state index contributed by atoms with van der Waals surface area (Å²) in [6.45, 7) is 0. The van der Waals surface area contributed by atoms with Crippen LogP contribution >= 0.6 is 11.6 Å². The van der Waals surface area contributed by atoms with E-state index in [2.05, 4.69) is 15.3 Å². The molecule has 0 spiro atoms. The molecule has 1 aliphatic carbocycles. The summed E-state index contributed by atoms with van der Waals surface area (Å²) in [4.78, 5) is 18.1. The number of hydrogen-bond acceptors (Lipinski definition) is 4. The zero-order chi connectivity index (χ0) is 13.1. The summed E-state index contributed by atoms with van der Waals surface area (Å²) in [5.41, 5.74) is 0. The lowest BCUT2D eigenvalue weighted by Crippen LogP contribution is -2.29. The van der Waals surface area contributed by atoms with Gasteiger partial charge >= 0.3 is 5.97 Å². The smallest absolute Gasteiger partial charge is 0.306 e. The third-order valence-electron chi connectivity index (χ3n) is 3.13. The minimum Gasteiger partial charge on any atom is -0.481 e. The van der Waals surface area contributed by atoms with Gasteiger partial charge in [-0.2, -0.15) is 4.98 Å². The third kappa shape index (κ3) is 3.07. The number of nitrogens with one attached hydrogen (secondary N) is 1. The molecule has 1 aromatic rings. The molecule has 1 heterocycles. The standard InChI is InChI=1S/C11H13ClFN3O2/c12-11-14-5-8(13)9(16-11)15-7-3-1-6(2-4-7)10(17)18/h5-7H,1-4H2,(H,17,18)(H,14,15,16). The summed E-state index contributed by atoms with van der Waals surface area (Å²) in [6.07, 6.45) is 3.55. The van der Waals surface area contributed by atoms with Crippen LogP contribution in [0.2, 0.25) is 5.28 Å². The molecular weight excluding hydrogens is 261 g/mol. The van der Waals surface area contributed by atoms with Crippen molar-refractivity contribution in [2.45, 2.75) is 31.7 Å². The van der Waals surface area contributed by atoms with Gasteiger partial charge in [-0.3, -0.25) is 4.79 Å². The minimum absolute atomic E-state index is 0.0156. The predicted octanol–water partition coefficient (Wildman–Crippen LogP) is 2.32. The quantitative estimate of drug-likeness (QED) is 0.827. The molecule has 0 saturated heterocycles. The highest BCUT2D eigenvalue weighted by Crippen LogP contribution is 2.27. The minimum atomic E-state index is -0.760. The van der Waals surface area contributed by atoms with Gasteiger partial charge in [0, 0.05) is 6.04 Å². The Morgan fingerprint density at radius 3 is 2.72 bits per heavy atom. The Bertz CT molecular complexity index is 450. The third-order valence-corrected chi connectivity index (χ3v) is 3.31. The van der Waals surface area contributed by atoms with Crippen LogP contribution in [0.5, 0.6) is 0 Å². The van der Waals surface area contributed by atoms with Gasteiger partial charge < -0.3 is 10.4 Å². The van der Waals surface area contributed by atoms with Crippen LogP contribution in [0.4, 0.5) is 10.2 Å². The molecule has 0 unspecified atom stereocenters. The van der Waals surface area contributed by atoms with E-state index < -0.39 is 11.8 Å². The fraction of sp³-hybridized carbons (Fsp3) is 0.545. The molecule has 0 radical (unpaired) electrons. The van der Waals surface area contributed by atoms with Gasteiger partial charge in [0.1, 0.15) is 0 Å². The first-order valence-corrected chi connectivity index (χ1v) is 6.11. The SMILES string of the molecule is O=C(O)C1CCC(Nc2nc(Cl)ncc2F)CC1. The average Bonchev–Trinajstić information content (AvgIpc) is 2.34. The number of hydrogen-bond donors (Lipinski definition) is 2. The molecule has 0 aromatic carbocycles. The largest absolute Gasteiger partial charge is 0.481 e. The van der Waals surface area contributed by atoms with E-state index in [0.29, 0.717) is 25.7 Å². The second-order valence-electron chi connectivity index (χ2n) is 4.37. The van der Waals surface area contributed by atoms with E-state index in [4.69, 9.17) is 16.7 Å². The molecule has 2 N–H and O–H groups in total. The maximum Gasteiger partial charge on any atom is 0.306 e. The van der Waals surface area contributed by atoms with Crippen molar-refractivity contribution < 1.29 is 14.3 Å². The van der Waals surface area contributed by atoms with Crippen molar-refractivity contribution in [1.82, 2.24) is 9.97 Å². The summed E-state index contributed by atoms with van der Waals surface area (Å²) in [6, 6.07) is 0.0288. The number of nitrogens with zero attached hydrogens (tertiary/aromatic N) is 2. The summed E-state index contributed by atoms with van der Waals surface area (Å²) in [5, 5.41) is 11.8. The molecule has 1 aliphatic rings. The molecule has 1 aromatic heterocycles. The van der Waals surface area contributed by atoms with Gasteiger partial charge in [-0.05, 0) is 37.3 Å². The topological polar surface area (TPSA) is 75.1 Å². The Labute approximate surface area is 108 Å². The predicted molar refractivity (Wildman–Crippen MR) is 64.0 cm³/mol. The van der Waals surface area contributed by atoms with Crippen molar-refractivity contribution >= 4 is 23.4 Å². The van der Waals surface area contributed by atoms with E-state index in [1.54, 1.807) is 0 Å². The molecule has 5 nitrogen and oxygen atoms in total. The normalized spacial score (nSPS) is 23.7. The highest BCUT2D eigenvalue weighted by atomic mass is 35.5. The highest BCUT2D eigenvalue weighted by Gasteiger charge is 2.26. The fourth-order valence-corrected chi connectivity index (χ4v) is 2.26. The van der Waals surface area contributed by atoms with E-state index in [-0.39, 0.29) is 23.1 Å². The van der Waals surface area contributed by atoms with Crippen LogP contribution in [0.1, 0.15) is 25.7 Å². The fourth-order valence-electron chi connectivity index (χ4n) is 2.12. The number of carboxylic acid groups (broad SMARTS) is 1. The lowest BCUT2D eigenvalue weighted by molar-refractivity contribution is -0.142. The Morgan fingerprint density at radius 1 is 1.44 bits per heavy atom. The second kappa shape index (κ2) is 5.48. The van der Waals surface area contributed by atoms with Crippen molar-refractivity contribution in [2.24, 2.45) is 5.92 Å². The number of carboxylic acids is 1. The summed E-state index contributed by atoms with van der Waals surface area (Å²) >= 11 is 5.59. The average molecular weight is 274 g/mol. The van der Waals surface area contributed by atoms with Crippen LogP contribution in [-0.4, -0.2) is 27.1 Å². The van der Waals surface area contributed by atoms with Gasteiger partial charge in [-0.15, -0.1) is 0 Å². The molecule has 1 saturated carbocycles. The van der Waals surface area contributed by atoms with E-state index in [1.165, 1.54) is 0 Å². The Hall–Kier alpha value is -1.43. The van der Waals surface area contributed by atoms with Crippen LogP contribution in [-0.2, 0) is 4.79 Å². The van der Waals surface area contributed by atoms with Crippen molar-refractivity contribution in [3.05, 3.63) is 17.3 Å². The van der Waals surface area contributed by atoms with E-state index >= 15 is 0 Å². The van der Waals surface area contributed by atoms with E-state index in [1.807, 2.05) is 0 Å². The number of aromatic nitrogens is 2. The Morgan fingerprint density at radius 2 is 2.11 bits per heavy atom. The number of anilines is 1. The first-order chi connectivity index (χ1) is 8.56. The lowest BCUT2D eigenvalue weighted by Gasteiger charge is -2.27. The number of halogens is 2. The molecule has 0 aliphatic heterocycles. The van der Waals surface area contributed by atoms with Gasteiger partial charge in [0.15, 0.2) is 11.6 Å². The summed E-state index contributed by atoms with van der Waals surface area (Å²) in [5.74, 6) is -1.53. The molecule has 0 atom stereocenters.